The number of carbonyl (C=O) groups excluding carboxylic acids is 2. The van der Waals surface area contributed by atoms with Crippen LogP contribution in [0.4, 0.5) is 0 Å². The van der Waals surface area contributed by atoms with Gasteiger partial charge in [0.05, 0.1) is 12.2 Å². The number of nitrogens with one attached hydrogen (secondary N) is 1. The lowest BCUT2D eigenvalue weighted by atomic mass is 10.1. The third-order valence-electron chi connectivity index (χ3n) is 3.23. The van der Waals surface area contributed by atoms with Gasteiger partial charge in [0.2, 0.25) is 0 Å². The molecule has 0 heterocycles. The summed E-state index contributed by atoms with van der Waals surface area (Å²) in [4.78, 5) is 25.2. The van der Waals surface area contributed by atoms with Crippen LogP contribution in [-0.2, 0) is 11.3 Å². The van der Waals surface area contributed by atoms with E-state index in [4.69, 9.17) is 10.3 Å². The second kappa shape index (κ2) is 7.94. The third kappa shape index (κ3) is 4.30. The number of hydrogen-bond acceptors (Lipinski definition) is 4. The Kier molecular flexibility index (Phi) is 5.69. The van der Waals surface area contributed by atoms with E-state index in [-0.39, 0.29) is 25.6 Å². The van der Waals surface area contributed by atoms with E-state index in [0.29, 0.717) is 11.1 Å². The van der Waals surface area contributed by atoms with Crippen LogP contribution in [0, 0.1) is 0 Å². The Morgan fingerprint density at radius 3 is 2.52 bits per heavy atom. The van der Waals surface area contributed by atoms with Gasteiger partial charge in [0.15, 0.2) is 0 Å². The fourth-order valence-corrected chi connectivity index (χ4v) is 2.07. The zero-order valence-corrected chi connectivity index (χ0v) is 12.3. The first-order valence-corrected chi connectivity index (χ1v) is 6.97. The molecule has 3 N–H and O–H groups in total. The average Bonchev–Trinajstić information content (AvgIpc) is 2.61. The first-order chi connectivity index (χ1) is 11.2. The number of amides is 2. The highest BCUT2D eigenvalue weighted by atomic mass is 16.5. The minimum Gasteiger partial charge on any atom is -0.395 e. The zero-order chi connectivity index (χ0) is 16.7. The van der Waals surface area contributed by atoms with Crippen molar-refractivity contribution >= 4 is 11.8 Å². The summed E-state index contributed by atoms with van der Waals surface area (Å²) in [7, 11) is 0. The number of hydroxylamine groups is 1. The van der Waals surface area contributed by atoms with Gasteiger partial charge in [-0.2, -0.15) is 0 Å². The molecule has 0 atom stereocenters. The number of hydrogen-bond donors (Lipinski definition) is 3. The molecule has 1 aliphatic rings. The Morgan fingerprint density at radius 2 is 1.96 bits per heavy atom. The van der Waals surface area contributed by atoms with Crippen molar-refractivity contribution in [3.8, 4) is 0 Å². The molecule has 0 radical (unpaired) electrons. The van der Waals surface area contributed by atoms with E-state index in [1.807, 2.05) is 0 Å². The van der Waals surface area contributed by atoms with Crippen molar-refractivity contribution in [3.05, 3.63) is 70.7 Å². The molecule has 6 heteroatoms. The molecule has 0 saturated heterocycles. The lowest BCUT2D eigenvalue weighted by Crippen LogP contribution is -2.33. The molecule has 0 fully saturated rings. The van der Waals surface area contributed by atoms with Crippen molar-refractivity contribution in [1.29, 1.82) is 0 Å². The number of nitrogens with zero attached hydrogens (tertiary/aromatic N) is 1. The number of rotatable bonds is 6. The van der Waals surface area contributed by atoms with Crippen molar-refractivity contribution in [2.75, 3.05) is 13.2 Å². The van der Waals surface area contributed by atoms with Gasteiger partial charge >= 0.3 is 0 Å². The van der Waals surface area contributed by atoms with E-state index in [2.05, 4.69) is 11.5 Å². The van der Waals surface area contributed by atoms with Crippen molar-refractivity contribution < 1.29 is 19.9 Å². The van der Waals surface area contributed by atoms with Gasteiger partial charge in [0, 0.05) is 18.7 Å². The molecule has 1 aromatic rings. The van der Waals surface area contributed by atoms with Crippen molar-refractivity contribution in [2.45, 2.75) is 6.54 Å². The second-order valence-corrected chi connectivity index (χ2v) is 4.80. The van der Waals surface area contributed by atoms with Gasteiger partial charge in [-0.1, -0.05) is 29.7 Å². The average molecular weight is 312 g/mol. The Bertz CT molecular complexity index is 721. The van der Waals surface area contributed by atoms with Gasteiger partial charge in [0.25, 0.3) is 11.8 Å². The van der Waals surface area contributed by atoms with E-state index in [9.17, 15) is 9.59 Å². The Labute approximate surface area is 133 Å². The summed E-state index contributed by atoms with van der Waals surface area (Å²) in [6.07, 6.45) is 4.99. The molecule has 0 aliphatic heterocycles. The van der Waals surface area contributed by atoms with Crippen LogP contribution in [0.3, 0.4) is 0 Å². The van der Waals surface area contributed by atoms with Gasteiger partial charge in [-0.3, -0.25) is 14.8 Å². The zero-order valence-electron chi connectivity index (χ0n) is 12.3. The minimum absolute atomic E-state index is 0.159. The van der Waals surface area contributed by atoms with Crippen LogP contribution in [0.5, 0.6) is 0 Å². The Balaban J connectivity index is 2.14. The van der Waals surface area contributed by atoms with Gasteiger partial charge in [-0.15, -0.1) is 0 Å². The van der Waals surface area contributed by atoms with Gasteiger partial charge in [0.1, 0.15) is 0 Å². The molecule has 0 bridgehead atoms. The summed E-state index contributed by atoms with van der Waals surface area (Å²) < 4.78 is 0. The molecule has 118 valence electrons. The highest BCUT2D eigenvalue weighted by Gasteiger charge is 2.17. The highest BCUT2D eigenvalue weighted by Crippen LogP contribution is 2.11. The van der Waals surface area contributed by atoms with Gasteiger partial charge in [-0.05, 0) is 29.8 Å². The molecule has 2 rings (SSSR count). The van der Waals surface area contributed by atoms with Gasteiger partial charge < -0.3 is 10.0 Å². The lowest BCUT2D eigenvalue weighted by molar-refractivity contribution is -0.127. The summed E-state index contributed by atoms with van der Waals surface area (Å²) in [5.41, 5.74) is 8.50. The number of aliphatic hydroxyl groups excluding tert-OH is 1. The van der Waals surface area contributed by atoms with E-state index in [1.54, 1.807) is 48.0 Å². The fourth-order valence-electron chi connectivity index (χ4n) is 2.07. The Hall–Kier alpha value is -2.88. The van der Waals surface area contributed by atoms with Crippen molar-refractivity contribution in [2.24, 2.45) is 0 Å². The normalized spacial score (nSPS) is 12.0. The molecule has 0 spiro atoms. The van der Waals surface area contributed by atoms with Crippen LogP contribution in [0.25, 0.3) is 0 Å². The van der Waals surface area contributed by atoms with Crippen LogP contribution in [0.2, 0.25) is 0 Å². The third-order valence-corrected chi connectivity index (χ3v) is 3.23. The number of allylic oxidation sites excluding steroid dienone is 2. The molecule has 0 saturated carbocycles. The first-order valence-electron chi connectivity index (χ1n) is 6.97. The summed E-state index contributed by atoms with van der Waals surface area (Å²) in [6.45, 7) is 0.302. The molecule has 6 nitrogen and oxygen atoms in total. The van der Waals surface area contributed by atoms with E-state index in [1.165, 1.54) is 4.90 Å². The maximum Gasteiger partial charge on any atom is 0.274 e. The number of benzene rings is 1. The van der Waals surface area contributed by atoms with Crippen molar-refractivity contribution in [1.82, 2.24) is 10.4 Å². The first kappa shape index (κ1) is 16.5. The Morgan fingerprint density at radius 1 is 1.22 bits per heavy atom. The quantitative estimate of drug-likeness (QED) is 0.414. The molecule has 1 aromatic carbocycles. The summed E-state index contributed by atoms with van der Waals surface area (Å²) in [5, 5.41) is 17.8. The molecule has 0 aromatic heterocycles. The van der Waals surface area contributed by atoms with Crippen LogP contribution in [-0.4, -0.2) is 40.2 Å². The van der Waals surface area contributed by atoms with E-state index >= 15 is 0 Å². The fraction of sp³-hybridized carbons (Fsp3) is 0.176. The minimum atomic E-state index is -0.603. The lowest BCUT2D eigenvalue weighted by Gasteiger charge is -2.22. The highest BCUT2D eigenvalue weighted by molar-refractivity contribution is 5.96. The largest absolute Gasteiger partial charge is 0.395 e. The van der Waals surface area contributed by atoms with Crippen LogP contribution in [0.1, 0.15) is 15.9 Å². The molecule has 0 unspecified atom stereocenters. The molecular formula is C17H16N2O4. The summed E-state index contributed by atoms with van der Waals surface area (Å²) >= 11 is 0. The second-order valence-electron chi connectivity index (χ2n) is 4.80. The number of carbonyl (C=O) groups is 2. The van der Waals surface area contributed by atoms with Gasteiger partial charge in [-0.25, -0.2) is 5.48 Å². The standard InChI is InChI=1S/C17H16N2O4/c20-11-10-19(17(22)15-4-2-1-3-5-15)12-13-6-8-14(9-7-13)16(21)18-23/h1-2,4,6-9,20,23H,10-12H2,(H,18,21). The molecule has 23 heavy (non-hydrogen) atoms. The monoisotopic (exact) mass is 312 g/mol. The molecule has 1 aliphatic carbocycles. The molecular weight excluding hydrogens is 296 g/mol. The smallest absolute Gasteiger partial charge is 0.274 e. The topological polar surface area (TPSA) is 89.9 Å². The van der Waals surface area contributed by atoms with E-state index in [0.717, 1.165) is 5.56 Å². The summed E-state index contributed by atoms with van der Waals surface area (Å²) in [5.74, 6) is -0.859. The molecule has 2 amide bonds. The van der Waals surface area contributed by atoms with Crippen LogP contribution >= 0.6 is 0 Å². The number of aliphatic hydroxyl groups is 1. The maximum absolute atomic E-state index is 12.4. The van der Waals surface area contributed by atoms with E-state index < -0.39 is 5.91 Å². The van der Waals surface area contributed by atoms with Crippen molar-refractivity contribution in [3.63, 3.8) is 0 Å². The predicted molar refractivity (Wildman–Crippen MR) is 82.4 cm³/mol. The summed E-state index contributed by atoms with van der Waals surface area (Å²) in [6, 6.07) is 6.46. The van der Waals surface area contributed by atoms with Crippen LogP contribution < -0.4 is 5.48 Å². The van der Waals surface area contributed by atoms with Crippen LogP contribution in [0.15, 0.2) is 59.5 Å². The SMILES string of the molecule is O=C(NO)c1ccc(CN(CCO)C(=O)C2=C=C=CC=C2)cc1. The predicted octanol–water partition coefficient (Wildman–Crippen LogP) is 0.933. The maximum atomic E-state index is 12.4.